The first-order valence-corrected chi connectivity index (χ1v) is 10.5. The van der Waals surface area contributed by atoms with Crippen LogP contribution in [-0.4, -0.2) is 74.1 Å². The largest absolute Gasteiger partial charge is 0.507 e. The second kappa shape index (κ2) is 8.29. The third kappa shape index (κ3) is 4.06. The first-order chi connectivity index (χ1) is 15.2. The van der Waals surface area contributed by atoms with E-state index in [0.29, 0.717) is 0 Å². The maximum atomic E-state index is 12.1. The minimum absolute atomic E-state index is 0.105. The number of hydrogen-bond acceptors (Lipinski definition) is 12. The van der Waals surface area contributed by atoms with Gasteiger partial charge in [-0.25, -0.2) is 19.7 Å². The lowest BCUT2D eigenvalue weighted by molar-refractivity contribution is -0.0468. The highest BCUT2D eigenvalue weighted by molar-refractivity contribution is 7.85. The van der Waals surface area contributed by atoms with Crippen molar-refractivity contribution in [3.8, 4) is 5.75 Å². The van der Waals surface area contributed by atoms with Crippen LogP contribution in [0.1, 0.15) is 16.6 Å². The zero-order valence-electron chi connectivity index (χ0n) is 16.1. The predicted molar refractivity (Wildman–Crippen MR) is 106 cm³/mol. The van der Waals surface area contributed by atoms with Gasteiger partial charge in [0.25, 0.3) is 5.91 Å². The summed E-state index contributed by atoms with van der Waals surface area (Å²) < 4.78 is 37.5. The second-order valence-electron chi connectivity index (χ2n) is 6.82. The van der Waals surface area contributed by atoms with E-state index in [1.165, 1.54) is 41.5 Å². The Labute approximate surface area is 180 Å². The van der Waals surface area contributed by atoms with E-state index in [1.54, 1.807) is 4.72 Å². The summed E-state index contributed by atoms with van der Waals surface area (Å²) in [5, 5.41) is 30.3. The quantitative estimate of drug-likeness (QED) is 0.258. The highest BCUT2D eigenvalue weighted by Crippen LogP contribution is 2.32. The third-order valence-corrected chi connectivity index (χ3v) is 5.63. The number of aromatic nitrogens is 4. The van der Waals surface area contributed by atoms with Crippen molar-refractivity contribution in [2.45, 2.75) is 24.5 Å². The maximum Gasteiger partial charge on any atom is 0.362 e. The Morgan fingerprint density at radius 1 is 1.22 bits per heavy atom. The highest BCUT2D eigenvalue weighted by Gasteiger charge is 2.45. The normalized spacial score (nSPS) is 23.4. The summed E-state index contributed by atoms with van der Waals surface area (Å²) in [6.45, 7) is -0.720. The van der Waals surface area contributed by atoms with E-state index in [-0.39, 0.29) is 22.5 Å². The van der Waals surface area contributed by atoms with Gasteiger partial charge in [0.2, 0.25) is 0 Å². The van der Waals surface area contributed by atoms with Crippen molar-refractivity contribution in [1.82, 2.24) is 24.2 Å². The number of fused-ring (bicyclic) bond motifs is 1. The van der Waals surface area contributed by atoms with E-state index in [2.05, 4.69) is 15.0 Å². The van der Waals surface area contributed by atoms with Crippen molar-refractivity contribution in [3.05, 3.63) is 42.5 Å². The molecule has 0 bridgehead atoms. The van der Waals surface area contributed by atoms with Crippen molar-refractivity contribution in [3.63, 3.8) is 0 Å². The van der Waals surface area contributed by atoms with Gasteiger partial charge in [0.05, 0.1) is 18.5 Å². The number of imidazole rings is 1. The molecule has 0 radical (unpaired) electrons. The lowest BCUT2D eigenvalue weighted by Gasteiger charge is -2.16. The summed E-state index contributed by atoms with van der Waals surface area (Å²) >= 11 is 0. The number of phenolic OH excluding ortho intramolecular Hbond substituents is 1. The van der Waals surface area contributed by atoms with Crippen LogP contribution in [0.25, 0.3) is 11.2 Å². The molecule has 3 aromatic rings. The molecule has 1 aliphatic heterocycles. The van der Waals surface area contributed by atoms with Gasteiger partial charge in [0.1, 0.15) is 35.9 Å². The first-order valence-electron chi connectivity index (χ1n) is 9.12. The number of para-hydroxylation sites is 1. The number of aliphatic hydroxyl groups excluding tert-OH is 2. The molecule has 1 aromatic carbocycles. The average Bonchev–Trinajstić information content (AvgIpc) is 3.29. The van der Waals surface area contributed by atoms with Gasteiger partial charge in [-0.05, 0) is 12.1 Å². The van der Waals surface area contributed by atoms with Gasteiger partial charge in [-0.1, -0.05) is 12.1 Å². The van der Waals surface area contributed by atoms with Crippen molar-refractivity contribution >= 4 is 33.2 Å². The van der Waals surface area contributed by atoms with Crippen molar-refractivity contribution in [2.24, 2.45) is 0 Å². The fraction of sp³-hybridized carbons (Fsp3) is 0.294. The number of carbonyl (C=O) groups excluding carboxylic acids is 1. The molecule has 1 aliphatic rings. The summed E-state index contributed by atoms with van der Waals surface area (Å²) in [4.78, 5) is 23.9. The zero-order chi connectivity index (χ0) is 23.0. The summed E-state index contributed by atoms with van der Waals surface area (Å²) in [5.74, 6) is -1.43. The standard InChI is InChI=1S/C17H18N6O8S/c18-14-11-15(20-6-19-14)23(7-21-11)17-13(26)12(25)10(31-17)5-30-32(28,29)22-16(27)8-3-1-2-4-9(8)24/h1-4,6-7,10,12-13,17,24-26H,5H2,(H,22,27)(H2,18,19,20)/t10-,12-,13-,17-/m1/s1/i5+1,10+1,12+1,13+1,17+1. The SMILES string of the molecule is Nc1ncnc2c1ncn2[13C@@H]1O[13C@H]([13CH2]OS(=O)(=O)NC(=O)c2ccccc2O)[13C@@H](O)[13C@H]1O. The number of aliphatic hydroxyl groups is 2. The molecule has 6 N–H and O–H groups in total. The van der Waals surface area contributed by atoms with Crippen LogP contribution in [0.2, 0.25) is 0 Å². The minimum atomic E-state index is -4.63. The molecule has 1 fully saturated rings. The summed E-state index contributed by atoms with van der Waals surface area (Å²) in [6.07, 6.45) is -2.98. The van der Waals surface area contributed by atoms with Crippen molar-refractivity contribution in [1.29, 1.82) is 0 Å². The van der Waals surface area contributed by atoms with Crippen LogP contribution in [0.15, 0.2) is 36.9 Å². The van der Waals surface area contributed by atoms with Crippen LogP contribution >= 0.6 is 0 Å². The lowest BCUT2D eigenvalue weighted by Crippen LogP contribution is -2.37. The Hall–Kier alpha value is -3.37. The number of nitrogen functional groups attached to an aromatic ring is 1. The first kappa shape index (κ1) is 21.8. The Balaban J connectivity index is 1.44. The second-order valence-corrected chi connectivity index (χ2v) is 8.16. The van der Waals surface area contributed by atoms with Crippen LogP contribution in [0.3, 0.4) is 0 Å². The number of nitrogens with one attached hydrogen (secondary N) is 1. The molecular weight excluding hydrogens is 453 g/mol. The van der Waals surface area contributed by atoms with Gasteiger partial charge in [-0.3, -0.25) is 13.5 Å². The molecule has 1 saturated heterocycles. The number of phenols is 1. The molecule has 0 aliphatic carbocycles. The average molecular weight is 471 g/mol. The smallest absolute Gasteiger partial charge is 0.362 e. The Morgan fingerprint density at radius 3 is 2.72 bits per heavy atom. The maximum absolute atomic E-state index is 12.1. The van der Waals surface area contributed by atoms with E-state index >= 15 is 0 Å². The number of rotatable bonds is 6. The number of nitrogens with zero attached hydrogens (tertiary/aromatic N) is 4. The number of nitrogens with two attached hydrogens (primary N) is 1. The number of ether oxygens (including phenoxy) is 1. The summed E-state index contributed by atoms with van der Waals surface area (Å²) in [6, 6.07) is 5.33. The van der Waals surface area contributed by atoms with Gasteiger partial charge >= 0.3 is 10.3 Å². The van der Waals surface area contributed by atoms with Crippen LogP contribution in [0.4, 0.5) is 5.82 Å². The van der Waals surface area contributed by atoms with Crippen molar-refractivity contribution in [2.75, 3.05) is 12.3 Å². The number of hydrogen-bond donors (Lipinski definition) is 5. The molecular formula is C17H18N6O8S. The van der Waals surface area contributed by atoms with Gasteiger partial charge in [0, 0.05) is 0 Å². The third-order valence-electron chi connectivity index (χ3n) is 4.75. The number of benzene rings is 1. The van der Waals surface area contributed by atoms with E-state index in [9.17, 15) is 28.5 Å². The molecule has 1 amide bonds. The topological polar surface area (TPSA) is 212 Å². The van der Waals surface area contributed by atoms with E-state index in [1.807, 2.05) is 0 Å². The monoisotopic (exact) mass is 471 g/mol. The van der Waals surface area contributed by atoms with Crippen LogP contribution in [0, 0.1) is 0 Å². The molecule has 0 unspecified atom stereocenters. The van der Waals surface area contributed by atoms with Gasteiger partial charge < -0.3 is 25.8 Å². The molecule has 3 heterocycles. The van der Waals surface area contributed by atoms with E-state index < -0.39 is 53.1 Å². The Morgan fingerprint density at radius 2 is 1.97 bits per heavy atom. The number of amides is 1. The minimum Gasteiger partial charge on any atom is -0.507 e. The fourth-order valence-corrected chi connectivity index (χ4v) is 3.88. The summed E-state index contributed by atoms with van der Waals surface area (Å²) in [5.41, 5.74) is 5.94. The molecule has 2 aromatic heterocycles. The van der Waals surface area contributed by atoms with Crippen LogP contribution in [-0.2, 0) is 19.2 Å². The Bertz CT molecular complexity index is 1260. The Kier molecular flexibility index (Phi) is 5.66. The van der Waals surface area contributed by atoms with Gasteiger partial charge in [-0.15, -0.1) is 0 Å². The molecule has 32 heavy (non-hydrogen) atoms. The summed E-state index contributed by atoms with van der Waals surface area (Å²) in [7, 11) is -4.63. The molecule has 14 nitrogen and oxygen atoms in total. The zero-order valence-corrected chi connectivity index (χ0v) is 17.0. The number of carbonyl (C=O) groups is 1. The predicted octanol–water partition coefficient (Wildman–Crippen LogP) is -1.58. The fourth-order valence-electron chi connectivity index (χ4n) is 3.17. The van der Waals surface area contributed by atoms with E-state index in [4.69, 9.17) is 14.7 Å². The van der Waals surface area contributed by atoms with Gasteiger partial charge in [-0.2, -0.15) is 8.42 Å². The highest BCUT2D eigenvalue weighted by atomic mass is 32.2. The molecule has 15 heteroatoms. The molecule has 170 valence electrons. The number of aromatic hydroxyl groups is 1. The van der Waals surface area contributed by atoms with Crippen LogP contribution < -0.4 is 10.5 Å². The number of anilines is 1. The van der Waals surface area contributed by atoms with Crippen molar-refractivity contribution < 1.29 is 37.5 Å². The molecule has 0 saturated carbocycles. The molecule has 4 rings (SSSR count). The van der Waals surface area contributed by atoms with Crippen LogP contribution in [0.5, 0.6) is 5.75 Å². The van der Waals surface area contributed by atoms with Gasteiger partial charge in [0.15, 0.2) is 17.7 Å². The van der Waals surface area contributed by atoms with E-state index in [0.717, 1.165) is 0 Å². The molecule has 4 atom stereocenters. The molecule has 0 spiro atoms. The lowest BCUT2D eigenvalue weighted by atomic mass is 10.2.